The number of halogens is 1. The smallest absolute Gasteiger partial charge is 0.325 e. The number of hydrogen-bond acceptors (Lipinski definition) is 6. The highest BCUT2D eigenvalue weighted by Crippen LogP contribution is 2.34. The van der Waals surface area contributed by atoms with Gasteiger partial charge in [0.25, 0.3) is 0 Å². The SMILES string of the molecule is CC(c1cnccn1)C1CNCC1C1=NC2=CN(c3cccc(F)c3)CN2C(=O)N1. The summed E-state index contributed by atoms with van der Waals surface area (Å²) in [5.41, 5.74) is 1.61. The van der Waals surface area contributed by atoms with Gasteiger partial charge in [0.05, 0.1) is 5.69 Å². The maximum absolute atomic E-state index is 13.6. The van der Waals surface area contributed by atoms with Crippen LogP contribution in [-0.2, 0) is 0 Å². The number of hydrogen-bond donors (Lipinski definition) is 2. The summed E-state index contributed by atoms with van der Waals surface area (Å²) < 4.78 is 13.6. The highest BCUT2D eigenvalue weighted by molar-refractivity contribution is 6.02. The first-order valence-corrected chi connectivity index (χ1v) is 9.98. The van der Waals surface area contributed by atoms with E-state index in [2.05, 4.69) is 27.5 Å². The fourth-order valence-corrected chi connectivity index (χ4v) is 4.34. The number of amides is 2. The molecule has 0 spiro atoms. The van der Waals surface area contributed by atoms with Gasteiger partial charge in [-0.1, -0.05) is 13.0 Å². The molecule has 1 fully saturated rings. The van der Waals surface area contributed by atoms with E-state index in [9.17, 15) is 9.18 Å². The molecule has 1 saturated heterocycles. The van der Waals surface area contributed by atoms with Gasteiger partial charge in [0.2, 0.25) is 0 Å². The molecule has 3 aliphatic rings. The maximum Gasteiger partial charge on any atom is 0.329 e. The topological polar surface area (TPSA) is 85.8 Å². The molecule has 0 bridgehead atoms. The summed E-state index contributed by atoms with van der Waals surface area (Å²) in [6.45, 7) is 3.97. The summed E-state index contributed by atoms with van der Waals surface area (Å²) in [6.07, 6.45) is 6.94. The highest BCUT2D eigenvalue weighted by atomic mass is 19.1. The Bertz CT molecular complexity index is 1030. The average Bonchev–Trinajstić information content (AvgIpc) is 3.41. The third-order valence-corrected chi connectivity index (χ3v) is 6.00. The lowest BCUT2D eigenvalue weighted by Gasteiger charge is -2.30. The number of urea groups is 1. The van der Waals surface area contributed by atoms with Crippen molar-refractivity contribution >= 4 is 17.6 Å². The Labute approximate surface area is 173 Å². The lowest BCUT2D eigenvalue weighted by atomic mass is 9.82. The number of aromatic nitrogens is 2. The molecule has 2 N–H and O–H groups in total. The average molecular weight is 407 g/mol. The molecule has 154 valence electrons. The van der Waals surface area contributed by atoms with E-state index in [-0.39, 0.29) is 29.6 Å². The van der Waals surface area contributed by atoms with Crippen LogP contribution in [0.4, 0.5) is 14.9 Å². The van der Waals surface area contributed by atoms with Crippen molar-refractivity contribution in [3.05, 3.63) is 66.4 Å². The highest BCUT2D eigenvalue weighted by Gasteiger charge is 2.40. The molecule has 5 rings (SSSR count). The van der Waals surface area contributed by atoms with Gasteiger partial charge < -0.3 is 10.2 Å². The number of fused-ring (bicyclic) bond motifs is 1. The molecule has 30 heavy (non-hydrogen) atoms. The number of nitrogens with zero attached hydrogens (tertiary/aromatic N) is 5. The summed E-state index contributed by atoms with van der Waals surface area (Å²) >= 11 is 0. The van der Waals surface area contributed by atoms with E-state index >= 15 is 0 Å². The molecular formula is C21H22FN7O. The van der Waals surface area contributed by atoms with Gasteiger partial charge in [-0.05, 0) is 30.7 Å². The predicted molar refractivity (Wildman–Crippen MR) is 110 cm³/mol. The lowest BCUT2D eigenvalue weighted by molar-refractivity contribution is 0.216. The molecule has 2 aromatic rings. The molecule has 0 saturated carbocycles. The summed E-state index contributed by atoms with van der Waals surface area (Å²) in [5.74, 6) is 1.36. The molecule has 8 nitrogen and oxygen atoms in total. The Balaban J connectivity index is 1.41. The predicted octanol–water partition coefficient (Wildman–Crippen LogP) is 2.26. The van der Waals surface area contributed by atoms with Crippen molar-refractivity contribution in [1.29, 1.82) is 0 Å². The molecule has 9 heteroatoms. The third-order valence-electron chi connectivity index (χ3n) is 6.00. The van der Waals surface area contributed by atoms with Crippen LogP contribution in [0.3, 0.4) is 0 Å². The zero-order chi connectivity index (χ0) is 20.7. The molecule has 4 heterocycles. The van der Waals surface area contributed by atoms with Crippen LogP contribution in [0.1, 0.15) is 18.5 Å². The van der Waals surface area contributed by atoms with Crippen molar-refractivity contribution in [2.24, 2.45) is 16.8 Å². The standard InChI is InChI=1S/C21H22FN7O/c1-13(18-10-23-5-6-25-18)16-8-24-9-17(16)20-26-19-11-28(12-29(19)21(30)27-20)15-4-2-3-14(22)7-15/h2-7,10-11,13,16-17,24H,8-9,12H2,1H3,(H,26,27,30). The molecule has 1 aromatic heterocycles. The van der Waals surface area contributed by atoms with E-state index in [1.807, 2.05) is 4.90 Å². The Morgan fingerprint density at radius 1 is 1.27 bits per heavy atom. The normalized spacial score (nSPS) is 24.3. The summed E-state index contributed by atoms with van der Waals surface area (Å²) in [4.78, 5) is 29.5. The van der Waals surface area contributed by atoms with E-state index in [0.29, 0.717) is 24.0 Å². The summed E-state index contributed by atoms with van der Waals surface area (Å²) in [7, 11) is 0. The molecule has 2 amide bonds. The Morgan fingerprint density at radius 3 is 2.97 bits per heavy atom. The van der Waals surface area contributed by atoms with E-state index in [1.54, 1.807) is 41.8 Å². The van der Waals surface area contributed by atoms with E-state index in [0.717, 1.165) is 18.8 Å². The fourth-order valence-electron chi connectivity index (χ4n) is 4.34. The van der Waals surface area contributed by atoms with Crippen LogP contribution in [0, 0.1) is 17.7 Å². The Morgan fingerprint density at radius 2 is 2.17 bits per heavy atom. The monoisotopic (exact) mass is 407 g/mol. The number of benzene rings is 1. The third kappa shape index (κ3) is 3.30. The summed E-state index contributed by atoms with van der Waals surface area (Å²) in [6, 6.07) is 6.08. The van der Waals surface area contributed by atoms with Crippen molar-refractivity contribution < 1.29 is 9.18 Å². The summed E-state index contributed by atoms with van der Waals surface area (Å²) in [5, 5.41) is 6.39. The molecule has 3 unspecified atom stereocenters. The van der Waals surface area contributed by atoms with Crippen molar-refractivity contribution in [3.63, 3.8) is 0 Å². The minimum atomic E-state index is -0.317. The Hall–Kier alpha value is -3.33. The van der Waals surface area contributed by atoms with E-state index in [4.69, 9.17) is 4.99 Å². The number of aliphatic imine (C=N–C) groups is 1. The zero-order valence-electron chi connectivity index (χ0n) is 16.5. The number of amidine groups is 1. The quantitative estimate of drug-likeness (QED) is 0.812. The van der Waals surface area contributed by atoms with Gasteiger partial charge >= 0.3 is 6.03 Å². The molecule has 1 aromatic carbocycles. The van der Waals surface area contributed by atoms with Crippen LogP contribution in [0.15, 0.2) is 59.9 Å². The van der Waals surface area contributed by atoms with E-state index < -0.39 is 0 Å². The molecule has 3 aliphatic heterocycles. The molecular weight excluding hydrogens is 385 g/mol. The molecule has 0 radical (unpaired) electrons. The minimum Gasteiger partial charge on any atom is -0.325 e. The van der Waals surface area contributed by atoms with E-state index in [1.165, 1.54) is 12.1 Å². The Kier molecular flexibility index (Phi) is 4.66. The van der Waals surface area contributed by atoms with Crippen LogP contribution in [-0.4, -0.2) is 46.5 Å². The first kappa shape index (κ1) is 18.7. The van der Waals surface area contributed by atoms with Crippen LogP contribution in [0.5, 0.6) is 0 Å². The van der Waals surface area contributed by atoms with Crippen LogP contribution >= 0.6 is 0 Å². The number of nitrogens with one attached hydrogen (secondary N) is 2. The first-order valence-electron chi connectivity index (χ1n) is 9.98. The van der Waals surface area contributed by atoms with Crippen molar-refractivity contribution in [1.82, 2.24) is 25.5 Å². The van der Waals surface area contributed by atoms with Gasteiger partial charge in [0.15, 0.2) is 5.82 Å². The van der Waals surface area contributed by atoms with Gasteiger partial charge in [-0.2, -0.15) is 0 Å². The van der Waals surface area contributed by atoms with Crippen LogP contribution in [0.25, 0.3) is 0 Å². The molecule has 3 atom stereocenters. The minimum absolute atomic E-state index is 0.0530. The second kappa shape index (κ2) is 7.49. The largest absolute Gasteiger partial charge is 0.329 e. The maximum atomic E-state index is 13.6. The van der Waals surface area contributed by atoms with Gasteiger partial charge in [0, 0.05) is 48.9 Å². The first-order chi connectivity index (χ1) is 14.6. The van der Waals surface area contributed by atoms with Gasteiger partial charge in [-0.3, -0.25) is 20.2 Å². The zero-order valence-corrected chi connectivity index (χ0v) is 16.5. The van der Waals surface area contributed by atoms with Crippen molar-refractivity contribution in [3.8, 4) is 0 Å². The number of rotatable bonds is 4. The number of anilines is 1. The van der Waals surface area contributed by atoms with Crippen LogP contribution < -0.4 is 15.5 Å². The van der Waals surface area contributed by atoms with Crippen LogP contribution in [0.2, 0.25) is 0 Å². The second-order valence-corrected chi connectivity index (χ2v) is 7.78. The van der Waals surface area contributed by atoms with Gasteiger partial charge in [-0.25, -0.2) is 14.2 Å². The molecule has 0 aliphatic carbocycles. The van der Waals surface area contributed by atoms with Gasteiger partial charge in [-0.15, -0.1) is 0 Å². The van der Waals surface area contributed by atoms with Gasteiger partial charge in [0.1, 0.15) is 18.3 Å². The number of carbonyl (C=O) groups excluding carboxylic acids is 1. The number of carbonyl (C=O) groups is 1. The lowest BCUT2D eigenvalue weighted by Crippen LogP contribution is -2.50. The second-order valence-electron chi connectivity index (χ2n) is 7.78. The van der Waals surface area contributed by atoms with Crippen molar-refractivity contribution in [2.75, 3.05) is 24.7 Å². The van der Waals surface area contributed by atoms with Crippen molar-refractivity contribution in [2.45, 2.75) is 12.8 Å². The fraction of sp³-hybridized carbons (Fsp3) is 0.333.